The van der Waals surface area contributed by atoms with Gasteiger partial charge in [-0.1, -0.05) is 6.07 Å². The first-order chi connectivity index (χ1) is 15.6. The Kier molecular flexibility index (Phi) is 6.00. The molecule has 2 fully saturated rings. The number of carbonyl (C=O) groups excluding carboxylic acids is 1. The predicted octanol–water partition coefficient (Wildman–Crippen LogP) is 4.82. The number of pyridine rings is 1. The minimum atomic E-state index is -0.713. The molecule has 1 saturated carbocycles. The molecule has 2 aromatic rings. The third-order valence-corrected chi connectivity index (χ3v) is 7.16. The Morgan fingerprint density at radius 3 is 2.66 bits per heavy atom. The van der Waals surface area contributed by atoms with E-state index in [2.05, 4.69) is 27.3 Å². The number of rotatable bonds is 3. The molecule has 6 nitrogen and oxygen atoms in total. The summed E-state index contributed by atoms with van der Waals surface area (Å²) in [7, 11) is 1.75. The predicted molar refractivity (Wildman–Crippen MR) is 124 cm³/mol. The second-order valence-electron chi connectivity index (χ2n) is 9.13. The SMILES string of the molecule is COC1CCC(C(=O)N2Cc3cccnc3Nc3ccc(N4CCC(F)CC4)cc32)CC1. The zero-order valence-electron chi connectivity index (χ0n) is 18.6. The maximum absolute atomic E-state index is 13.8. The number of hydrogen-bond acceptors (Lipinski definition) is 5. The molecule has 7 heteroatoms. The summed E-state index contributed by atoms with van der Waals surface area (Å²) < 4.78 is 19.2. The van der Waals surface area contributed by atoms with Gasteiger partial charge in [0.15, 0.2) is 0 Å². The van der Waals surface area contributed by atoms with Crippen LogP contribution in [-0.2, 0) is 16.1 Å². The van der Waals surface area contributed by atoms with Crippen molar-refractivity contribution in [3.05, 3.63) is 42.1 Å². The third-order valence-electron chi connectivity index (χ3n) is 7.16. The highest BCUT2D eigenvalue weighted by Gasteiger charge is 2.33. The Labute approximate surface area is 188 Å². The minimum Gasteiger partial charge on any atom is -0.381 e. The molecule has 2 aliphatic heterocycles. The number of benzene rings is 1. The number of halogens is 1. The van der Waals surface area contributed by atoms with Crippen molar-refractivity contribution < 1.29 is 13.9 Å². The Bertz CT molecular complexity index is 968. The summed E-state index contributed by atoms with van der Waals surface area (Å²) in [5, 5.41) is 3.44. The van der Waals surface area contributed by atoms with Crippen LogP contribution in [0.15, 0.2) is 36.5 Å². The van der Waals surface area contributed by atoms with Crippen molar-refractivity contribution in [3.8, 4) is 0 Å². The van der Waals surface area contributed by atoms with E-state index >= 15 is 0 Å². The Morgan fingerprint density at radius 1 is 1.12 bits per heavy atom. The van der Waals surface area contributed by atoms with Gasteiger partial charge in [-0.05, 0) is 62.8 Å². The number of carbonyl (C=O) groups is 1. The number of methoxy groups -OCH3 is 1. The van der Waals surface area contributed by atoms with Crippen LogP contribution in [0.25, 0.3) is 0 Å². The fraction of sp³-hybridized carbons (Fsp3) is 0.520. The Hall–Kier alpha value is -2.67. The van der Waals surface area contributed by atoms with Crippen LogP contribution in [0.2, 0.25) is 0 Å². The van der Waals surface area contributed by atoms with E-state index in [4.69, 9.17) is 4.74 Å². The van der Waals surface area contributed by atoms with E-state index < -0.39 is 6.17 Å². The summed E-state index contributed by atoms with van der Waals surface area (Å²) >= 11 is 0. The lowest BCUT2D eigenvalue weighted by molar-refractivity contribution is -0.124. The van der Waals surface area contributed by atoms with Crippen LogP contribution in [-0.4, -0.2) is 43.4 Å². The van der Waals surface area contributed by atoms with Gasteiger partial charge in [0.2, 0.25) is 5.91 Å². The standard InChI is InChI=1S/C25H31FN4O2/c1-32-21-7-4-17(5-8-21)25(31)30-16-18-3-2-12-27-24(18)28-22-9-6-20(15-23(22)30)29-13-10-19(26)11-14-29/h2-3,6,9,12,15,17,19,21H,4-5,7-8,10-11,13-14,16H2,1H3,(H,27,28). The lowest BCUT2D eigenvalue weighted by Gasteiger charge is -2.34. The zero-order chi connectivity index (χ0) is 22.1. The highest BCUT2D eigenvalue weighted by molar-refractivity contribution is 6.00. The fourth-order valence-corrected chi connectivity index (χ4v) is 5.18. The largest absolute Gasteiger partial charge is 0.381 e. The third kappa shape index (κ3) is 4.18. The van der Waals surface area contributed by atoms with Gasteiger partial charge in [-0.25, -0.2) is 9.37 Å². The average Bonchev–Trinajstić information content (AvgIpc) is 3.00. The number of nitrogens with zero attached hydrogens (tertiary/aromatic N) is 3. The van der Waals surface area contributed by atoms with Crippen LogP contribution in [0, 0.1) is 5.92 Å². The highest BCUT2D eigenvalue weighted by atomic mass is 19.1. The van der Waals surface area contributed by atoms with Crippen molar-refractivity contribution in [1.29, 1.82) is 0 Å². The van der Waals surface area contributed by atoms with E-state index in [1.807, 2.05) is 23.1 Å². The number of aromatic nitrogens is 1. The molecule has 5 rings (SSSR count). The summed E-state index contributed by atoms with van der Waals surface area (Å²) in [5.41, 5.74) is 3.80. The fourth-order valence-electron chi connectivity index (χ4n) is 5.18. The molecule has 1 N–H and O–H groups in total. The second kappa shape index (κ2) is 9.06. The Morgan fingerprint density at radius 2 is 1.91 bits per heavy atom. The lowest BCUT2D eigenvalue weighted by atomic mass is 9.86. The number of nitrogens with one attached hydrogen (secondary N) is 1. The summed E-state index contributed by atoms with van der Waals surface area (Å²) in [6.07, 6.45) is 5.95. The topological polar surface area (TPSA) is 57.7 Å². The molecule has 1 amide bonds. The van der Waals surface area contributed by atoms with Crippen molar-refractivity contribution in [2.24, 2.45) is 5.92 Å². The number of amides is 1. The Balaban J connectivity index is 1.48. The highest BCUT2D eigenvalue weighted by Crippen LogP contribution is 2.40. The average molecular weight is 439 g/mol. The monoisotopic (exact) mass is 438 g/mol. The van der Waals surface area contributed by atoms with Gasteiger partial charge in [0.25, 0.3) is 0 Å². The molecule has 1 saturated heterocycles. The van der Waals surface area contributed by atoms with Gasteiger partial charge >= 0.3 is 0 Å². The molecular formula is C25H31FN4O2. The molecule has 1 aromatic carbocycles. The normalized spacial score (nSPS) is 23.7. The van der Waals surface area contributed by atoms with Crippen molar-refractivity contribution in [1.82, 2.24) is 4.98 Å². The molecular weight excluding hydrogens is 407 g/mol. The van der Waals surface area contributed by atoms with E-state index in [9.17, 15) is 9.18 Å². The zero-order valence-corrected chi connectivity index (χ0v) is 18.6. The minimum absolute atomic E-state index is 0.00147. The van der Waals surface area contributed by atoms with Gasteiger partial charge in [-0.2, -0.15) is 0 Å². The van der Waals surface area contributed by atoms with Gasteiger partial charge in [0.05, 0.1) is 24.0 Å². The van der Waals surface area contributed by atoms with E-state index in [-0.39, 0.29) is 17.9 Å². The van der Waals surface area contributed by atoms with Gasteiger partial charge < -0.3 is 19.9 Å². The van der Waals surface area contributed by atoms with E-state index in [1.165, 1.54) is 0 Å². The number of fused-ring (bicyclic) bond motifs is 2. The van der Waals surface area contributed by atoms with Gasteiger partial charge in [0.1, 0.15) is 12.0 Å². The number of ether oxygens (including phenoxy) is 1. The summed E-state index contributed by atoms with van der Waals surface area (Å²) in [4.78, 5) is 22.4. The summed E-state index contributed by atoms with van der Waals surface area (Å²) in [6, 6.07) is 10.1. The van der Waals surface area contributed by atoms with Crippen molar-refractivity contribution in [3.63, 3.8) is 0 Å². The molecule has 0 bridgehead atoms. The molecule has 3 heterocycles. The van der Waals surface area contributed by atoms with Crippen molar-refractivity contribution >= 4 is 28.8 Å². The first kappa shape index (κ1) is 21.2. The van der Waals surface area contributed by atoms with Gasteiger partial charge in [-0.3, -0.25) is 4.79 Å². The van der Waals surface area contributed by atoms with Crippen LogP contribution in [0.5, 0.6) is 0 Å². The molecule has 0 radical (unpaired) electrons. The molecule has 0 spiro atoms. The smallest absolute Gasteiger partial charge is 0.230 e. The second-order valence-corrected chi connectivity index (χ2v) is 9.13. The lowest BCUT2D eigenvalue weighted by Crippen LogP contribution is -2.38. The van der Waals surface area contributed by atoms with Crippen LogP contribution in [0.4, 0.5) is 27.3 Å². The maximum atomic E-state index is 13.8. The van der Waals surface area contributed by atoms with Crippen LogP contribution in [0.1, 0.15) is 44.1 Å². The number of hydrogen-bond donors (Lipinski definition) is 1. The molecule has 0 atom stereocenters. The van der Waals surface area contributed by atoms with Gasteiger partial charge in [-0.15, -0.1) is 0 Å². The van der Waals surface area contributed by atoms with Crippen LogP contribution >= 0.6 is 0 Å². The molecule has 1 aliphatic carbocycles. The van der Waals surface area contributed by atoms with Crippen LogP contribution in [0.3, 0.4) is 0 Å². The van der Waals surface area contributed by atoms with Crippen molar-refractivity contribution in [2.45, 2.75) is 57.3 Å². The van der Waals surface area contributed by atoms with Crippen molar-refractivity contribution in [2.75, 3.05) is 35.3 Å². The molecule has 32 heavy (non-hydrogen) atoms. The number of piperidine rings is 1. The number of anilines is 4. The van der Waals surface area contributed by atoms with E-state index in [0.29, 0.717) is 32.5 Å². The van der Waals surface area contributed by atoms with E-state index in [0.717, 1.165) is 54.1 Å². The first-order valence-corrected chi connectivity index (χ1v) is 11.7. The first-order valence-electron chi connectivity index (χ1n) is 11.7. The number of alkyl halides is 1. The maximum Gasteiger partial charge on any atom is 0.230 e. The molecule has 170 valence electrons. The van der Waals surface area contributed by atoms with E-state index in [1.54, 1.807) is 13.3 Å². The summed E-state index contributed by atoms with van der Waals surface area (Å²) in [6.45, 7) is 1.89. The molecule has 0 unspecified atom stereocenters. The molecule has 3 aliphatic rings. The quantitative estimate of drug-likeness (QED) is 0.745. The molecule has 1 aromatic heterocycles. The van der Waals surface area contributed by atoms with Gasteiger partial charge in [0, 0.05) is 43.6 Å². The van der Waals surface area contributed by atoms with Crippen LogP contribution < -0.4 is 15.1 Å². The summed E-state index contributed by atoms with van der Waals surface area (Å²) in [5.74, 6) is 0.954.